The Morgan fingerprint density at radius 3 is 2.61 bits per heavy atom. The molecule has 0 saturated carbocycles. The van der Waals surface area contributed by atoms with Gasteiger partial charge in [-0.2, -0.15) is 0 Å². The maximum atomic E-state index is 5.46. The topological polar surface area (TPSA) is 124 Å². The van der Waals surface area contributed by atoms with E-state index in [1.54, 1.807) is 6.20 Å². The number of hydroxylamine groups is 1. The number of guanidine groups is 1. The molecule has 33 heavy (non-hydrogen) atoms. The largest absolute Gasteiger partial charge is 0.370 e. The first-order chi connectivity index (χ1) is 14.5. The molecule has 180 valence electrons. The van der Waals surface area contributed by atoms with Gasteiger partial charge in [-0.15, -0.1) is 37.2 Å². The van der Waals surface area contributed by atoms with Gasteiger partial charge < -0.3 is 11.5 Å². The van der Waals surface area contributed by atoms with Gasteiger partial charge in [-0.25, -0.2) is 20.4 Å². The van der Waals surface area contributed by atoms with Crippen molar-refractivity contribution in [2.45, 2.75) is 26.3 Å². The maximum absolute atomic E-state index is 5.46. The van der Waals surface area contributed by atoms with Gasteiger partial charge in [-0.1, -0.05) is 17.7 Å². The van der Waals surface area contributed by atoms with E-state index in [-0.39, 0.29) is 49.2 Å². The minimum atomic E-state index is -0.117. The summed E-state index contributed by atoms with van der Waals surface area (Å²) in [5, 5.41) is 1.04. The molecule has 3 aromatic rings. The molecule has 0 aliphatic carbocycles. The lowest BCUT2D eigenvalue weighted by Crippen LogP contribution is -2.28. The molecule has 0 saturated heterocycles. The van der Waals surface area contributed by atoms with Gasteiger partial charge >= 0.3 is 0 Å². The van der Waals surface area contributed by atoms with E-state index in [2.05, 4.69) is 39.5 Å². The van der Waals surface area contributed by atoms with E-state index in [4.69, 9.17) is 21.3 Å². The molecule has 2 aromatic heterocycles. The lowest BCUT2D eigenvalue weighted by Gasteiger charge is -2.11. The summed E-state index contributed by atoms with van der Waals surface area (Å²) in [6.45, 7) is 4.91. The molecule has 1 atom stereocenters. The highest BCUT2D eigenvalue weighted by atomic mass is 35.5. The third kappa shape index (κ3) is 9.89. The number of aromatic nitrogens is 3. The summed E-state index contributed by atoms with van der Waals surface area (Å²) in [7, 11) is 0. The highest BCUT2D eigenvalue weighted by molar-refractivity contribution is 5.86. The molecule has 0 spiro atoms. The molecule has 0 bridgehead atoms. The van der Waals surface area contributed by atoms with Crippen LogP contribution in [0.1, 0.15) is 29.7 Å². The predicted octanol–water partition coefficient (Wildman–Crippen LogP) is 3.49. The van der Waals surface area contributed by atoms with Gasteiger partial charge in [0.1, 0.15) is 0 Å². The van der Waals surface area contributed by atoms with Crippen LogP contribution in [0.3, 0.4) is 0 Å². The first-order valence-corrected chi connectivity index (χ1v) is 9.81. The Bertz CT molecular complexity index is 1040. The monoisotopic (exact) mass is 513 g/mol. The first kappa shape index (κ1) is 30.5. The Kier molecular flexibility index (Phi) is 14.2. The molecular weight excluding hydrogens is 485 g/mol. The van der Waals surface area contributed by atoms with Gasteiger partial charge in [-0.3, -0.25) is 9.82 Å². The third-order valence-electron chi connectivity index (χ3n) is 4.30. The third-order valence-corrected chi connectivity index (χ3v) is 4.30. The van der Waals surface area contributed by atoms with E-state index in [0.29, 0.717) is 25.4 Å². The smallest absolute Gasteiger partial charge is 0.186 e. The van der Waals surface area contributed by atoms with E-state index in [1.807, 2.05) is 43.3 Å². The average molecular weight is 515 g/mol. The van der Waals surface area contributed by atoms with Crippen molar-refractivity contribution < 1.29 is 4.84 Å². The van der Waals surface area contributed by atoms with Gasteiger partial charge in [0, 0.05) is 24.5 Å². The molecule has 0 aliphatic heterocycles. The van der Waals surface area contributed by atoms with Crippen molar-refractivity contribution >= 4 is 66.2 Å². The van der Waals surface area contributed by atoms with E-state index < -0.39 is 0 Å². The van der Waals surface area contributed by atoms with Crippen molar-refractivity contribution in [2.24, 2.45) is 16.5 Å². The minimum Gasteiger partial charge on any atom is -0.370 e. The highest BCUT2D eigenvalue weighted by Crippen LogP contribution is 2.19. The number of aryl methyl sites for hydroxylation is 1. The summed E-state index contributed by atoms with van der Waals surface area (Å²) in [5.74, 6) is 0.703. The van der Waals surface area contributed by atoms with Gasteiger partial charge in [0.2, 0.25) is 0 Å². The van der Waals surface area contributed by atoms with Crippen molar-refractivity contribution in [1.29, 1.82) is 0 Å². The van der Waals surface area contributed by atoms with E-state index >= 15 is 0 Å². The quantitative estimate of drug-likeness (QED) is 0.173. The van der Waals surface area contributed by atoms with Gasteiger partial charge in [-0.05, 0) is 50.3 Å². The van der Waals surface area contributed by atoms with Crippen molar-refractivity contribution in [3.05, 3.63) is 65.4 Å². The second-order valence-corrected chi connectivity index (χ2v) is 7.00. The van der Waals surface area contributed by atoms with Crippen molar-refractivity contribution in [3.8, 4) is 0 Å². The maximum Gasteiger partial charge on any atom is 0.186 e. The number of hydrogen-bond donors (Lipinski definition) is 3. The van der Waals surface area contributed by atoms with Crippen LogP contribution in [0.15, 0.2) is 47.6 Å². The number of nitrogens with one attached hydrogen (secondary N) is 1. The van der Waals surface area contributed by atoms with Crippen LogP contribution >= 0.6 is 37.2 Å². The number of nitrogens with zero attached hydrogens (tertiary/aromatic N) is 4. The normalized spacial score (nSPS) is 11.2. The Morgan fingerprint density at radius 1 is 1.12 bits per heavy atom. The number of halogens is 3. The van der Waals surface area contributed by atoms with Crippen molar-refractivity contribution in [3.63, 3.8) is 0 Å². The Hall–Kier alpha value is -2.49. The van der Waals surface area contributed by atoms with Crippen LogP contribution in [0.5, 0.6) is 0 Å². The molecule has 1 aromatic carbocycles. The zero-order valence-electron chi connectivity index (χ0n) is 18.5. The number of benzene rings is 1. The second kappa shape index (κ2) is 15.4. The molecule has 8 nitrogen and oxygen atoms in total. The summed E-state index contributed by atoms with van der Waals surface area (Å²) in [4.78, 5) is 23.2. The molecule has 1 unspecified atom stereocenters. The first-order valence-electron chi connectivity index (χ1n) is 9.81. The zero-order chi connectivity index (χ0) is 21.3. The van der Waals surface area contributed by atoms with Crippen LogP contribution in [-0.4, -0.2) is 40.1 Å². The van der Waals surface area contributed by atoms with Crippen LogP contribution in [0.2, 0.25) is 0 Å². The molecule has 0 fully saturated rings. The molecule has 0 aliphatic rings. The average Bonchev–Trinajstić information content (AvgIpc) is 2.72. The SMILES string of the molecule is Cc1ccc2nc(C=Cc3ccccn3)nc(CCNOCC(C)N=C(N)N)c2c1.Cl.Cl.Cl. The van der Waals surface area contributed by atoms with Crippen molar-refractivity contribution in [2.75, 3.05) is 13.2 Å². The van der Waals surface area contributed by atoms with Crippen LogP contribution < -0.4 is 16.9 Å². The Labute approximate surface area is 212 Å². The Balaban J connectivity index is 0.00000341. The number of pyridine rings is 1. The van der Waals surface area contributed by atoms with E-state index in [1.165, 1.54) is 5.56 Å². The zero-order valence-corrected chi connectivity index (χ0v) is 20.9. The van der Waals surface area contributed by atoms with Crippen molar-refractivity contribution in [1.82, 2.24) is 20.4 Å². The molecule has 0 radical (unpaired) electrons. The van der Waals surface area contributed by atoms with Gasteiger partial charge in [0.15, 0.2) is 11.8 Å². The number of hydrogen-bond acceptors (Lipinski definition) is 6. The Morgan fingerprint density at radius 2 is 1.91 bits per heavy atom. The van der Waals surface area contributed by atoms with Gasteiger partial charge in [0.05, 0.1) is 29.6 Å². The summed E-state index contributed by atoms with van der Waals surface area (Å²) in [6.07, 6.45) is 6.23. The van der Waals surface area contributed by atoms with E-state index in [9.17, 15) is 0 Å². The van der Waals surface area contributed by atoms with Gasteiger partial charge in [0.25, 0.3) is 0 Å². The molecule has 3 rings (SSSR count). The molecular formula is C22H30Cl3N7O. The summed E-state index contributed by atoms with van der Waals surface area (Å²) >= 11 is 0. The fourth-order valence-corrected chi connectivity index (χ4v) is 2.94. The van der Waals surface area contributed by atoms with E-state index in [0.717, 1.165) is 22.3 Å². The molecule has 0 amide bonds. The van der Waals surface area contributed by atoms with Crippen LogP contribution in [0.4, 0.5) is 0 Å². The fraction of sp³-hybridized carbons (Fsp3) is 0.273. The standard InChI is InChI=1S/C22H27N7O.3ClH/c1-15-6-8-19-18(13-15)20(10-12-26-30-14-16(2)27-22(23)24)29-21(28-19)9-7-17-5-3-4-11-25-17;;;/h3-9,11,13,16,26H,10,12,14H2,1-2H3,(H4,23,24,27);3*1H. The van der Waals surface area contributed by atoms with Crippen LogP contribution in [-0.2, 0) is 11.3 Å². The highest BCUT2D eigenvalue weighted by Gasteiger charge is 2.08. The summed E-state index contributed by atoms with van der Waals surface area (Å²) < 4.78 is 0. The number of rotatable bonds is 9. The number of aliphatic imine (C=N–C) groups is 1. The summed E-state index contributed by atoms with van der Waals surface area (Å²) in [5.41, 5.74) is 17.6. The lowest BCUT2D eigenvalue weighted by molar-refractivity contribution is 0.0356. The second-order valence-electron chi connectivity index (χ2n) is 7.00. The minimum absolute atomic E-state index is 0. The number of fused-ring (bicyclic) bond motifs is 1. The summed E-state index contributed by atoms with van der Waals surface area (Å²) in [6, 6.07) is 11.8. The lowest BCUT2D eigenvalue weighted by atomic mass is 10.1. The fourth-order valence-electron chi connectivity index (χ4n) is 2.94. The van der Waals surface area contributed by atoms with Crippen LogP contribution in [0.25, 0.3) is 23.1 Å². The number of nitrogens with two attached hydrogens (primary N) is 2. The molecule has 5 N–H and O–H groups in total. The van der Waals surface area contributed by atoms with Crippen LogP contribution in [0, 0.1) is 6.92 Å². The molecule has 11 heteroatoms. The predicted molar refractivity (Wildman–Crippen MR) is 142 cm³/mol. The molecule has 2 heterocycles.